The number of thiophene rings is 2. The first-order valence-electron chi connectivity index (χ1n) is 10.6. The maximum atomic E-state index is 12.7. The van der Waals surface area contributed by atoms with E-state index in [0.29, 0.717) is 49.0 Å². The number of aromatic nitrogens is 1. The highest BCUT2D eigenvalue weighted by atomic mass is 35.5. The second-order valence-corrected chi connectivity index (χ2v) is 9.98. The fourth-order valence-electron chi connectivity index (χ4n) is 3.27. The van der Waals surface area contributed by atoms with E-state index in [2.05, 4.69) is 10.1 Å². The van der Waals surface area contributed by atoms with E-state index in [1.165, 1.54) is 18.4 Å². The Hall–Kier alpha value is -3.27. The van der Waals surface area contributed by atoms with Crippen molar-refractivity contribution >= 4 is 51.6 Å². The molecule has 0 aliphatic heterocycles. The Labute approximate surface area is 214 Å². The van der Waals surface area contributed by atoms with Gasteiger partial charge < -0.3 is 14.4 Å². The van der Waals surface area contributed by atoms with Crippen LogP contribution < -0.4 is 4.74 Å². The van der Waals surface area contributed by atoms with Crippen LogP contribution in [0.15, 0.2) is 57.4 Å². The SMILES string of the molecule is COc1cc(CCC(=O)c2ccc(C(=O)CN=C(C)c3csc(-c4ccc(Cl)cc4)c3O)s2)on1. The molecule has 10 heteroatoms. The smallest absolute Gasteiger partial charge is 0.254 e. The standard InChI is InChI=1S/C25H21ClN2O5S2/c1-14(18-13-34-25(24(18)31)15-3-5-16(26)6-4-15)27-12-20(30)22-10-9-21(35-22)19(29)8-7-17-11-23(32-2)28-33-17/h3-6,9-11,13,31H,7-8,12H2,1-2H3. The zero-order valence-electron chi connectivity index (χ0n) is 18.9. The molecule has 3 heterocycles. The van der Waals surface area contributed by atoms with Gasteiger partial charge in [0.2, 0.25) is 0 Å². The van der Waals surface area contributed by atoms with E-state index >= 15 is 0 Å². The van der Waals surface area contributed by atoms with E-state index in [9.17, 15) is 14.7 Å². The van der Waals surface area contributed by atoms with Crippen LogP contribution in [0.1, 0.15) is 44.0 Å². The van der Waals surface area contributed by atoms with Crippen LogP contribution in [-0.4, -0.2) is 41.2 Å². The molecule has 1 aromatic carbocycles. The van der Waals surface area contributed by atoms with Crippen LogP contribution in [-0.2, 0) is 6.42 Å². The molecule has 4 aromatic rings. The molecule has 0 unspecified atom stereocenters. The number of aliphatic imine (C=N–C) groups is 1. The van der Waals surface area contributed by atoms with Gasteiger partial charge in [0, 0.05) is 40.6 Å². The van der Waals surface area contributed by atoms with Gasteiger partial charge in [-0.1, -0.05) is 23.7 Å². The molecule has 0 saturated carbocycles. The van der Waals surface area contributed by atoms with E-state index in [4.69, 9.17) is 20.9 Å². The van der Waals surface area contributed by atoms with E-state index in [1.807, 2.05) is 17.5 Å². The van der Waals surface area contributed by atoms with Gasteiger partial charge in [-0.15, -0.1) is 22.7 Å². The predicted molar refractivity (Wildman–Crippen MR) is 138 cm³/mol. The molecule has 4 rings (SSSR count). The topological polar surface area (TPSA) is 102 Å². The summed E-state index contributed by atoms with van der Waals surface area (Å²) in [5.74, 6) is 0.774. The van der Waals surface area contributed by atoms with Gasteiger partial charge in [-0.2, -0.15) is 0 Å². The molecular formula is C25H21ClN2O5S2. The molecule has 0 fully saturated rings. The van der Waals surface area contributed by atoms with Gasteiger partial charge in [0.25, 0.3) is 5.88 Å². The lowest BCUT2D eigenvalue weighted by Gasteiger charge is -2.02. The van der Waals surface area contributed by atoms with Crippen molar-refractivity contribution in [2.45, 2.75) is 19.8 Å². The molecule has 0 aliphatic rings. The van der Waals surface area contributed by atoms with E-state index in [1.54, 1.807) is 37.3 Å². The van der Waals surface area contributed by atoms with Crippen molar-refractivity contribution < 1.29 is 24.0 Å². The number of aromatic hydroxyl groups is 1. The van der Waals surface area contributed by atoms with Crippen molar-refractivity contribution in [2.75, 3.05) is 13.7 Å². The van der Waals surface area contributed by atoms with Gasteiger partial charge in [-0.05, 0) is 41.9 Å². The van der Waals surface area contributed by atoms with Crippen LogP contribution in [0, 0.1) is 0 Å². The molecule has 7 nitrogen and oxygen atoms in total. The van der Waals surface area contributed by atoms with Crippen LogP contribution in [0.3, 0.4) is 0 Å². The molecule has 3 aromatic heterocycles. The third-order valence-corrected chi connectivity index (χ3v) is 7.66. The van der Waals surface area contributed by atoms with Gasteiger partial charge in [-0.25, -0.2) is 0 Å². The Bertz CT molecular complexity index is 1390. The van der Waals surface area contributed by atoms with Gasteiger partial charge >= 0.3 is 0 Å². The van der Waals surface area contributed by atoms with Gasteiger partial charge in [0.1, 0.15) is 18.1 Å². The number of carbonyl (C=O) groups is 2. The Balaban J connectivity index is 1.37. The van der Waals surface area contributed by atoms with Gasteiger partial charge in [-0.3, -0.25) is 14.6 Å². The number of halogens is 1. The van der Waals surface area contributed by atoms with E-state index in [0.717, 1.165) is 16.9 Å². The van der Waals surface area contributed by atoms with Gasteiger partial charge in [0.05, 0.1) is 21.7 Å². The van der Waals surface area contributed by atoms with Crippen molar-refractivity contribution in [3.05, 3.63) is 73.9 Å². The summed E-state index contributed by atoms with van der Waals surface area (Å²) < 4.78 is 10.1. The third-order valence-electron chi connectivity index (χ3n) is 5.22. The molecule has 180 valence electrons. The van der Waals surface area contributed by atoms with Gasteiger partial charge in [0.15, 0.2) is 11.6 Å². The number of Topliss-reactive ketones (excluding diaryl/α,β-unsaturated/α-hetero) is 2. The van der Waals surface area contributed by atoms with Crippen molar-refractivity contribution in [3.8, 4) is 22.1 Å². The van der Waals surface area contributed by atoms with Crippen molar-refractivity contribution in [1.82, 2.24) is 5.16 Å². The number of ketones is 2. The third kappa shape index (κ3) is 5.87. The second-order valence-electron chi connectivity index (χ2n) is 7.58. The number of hydrogen-bond acceptors (Lipinski definition) is 9. The number of ether oxygens (including phenoxy) is 1. The number of aryl methyl sites for hydroxylation is 1. The summed E-state index contributed by atoms with van der Waals surface area (Å²) in [5, 5.41) is 16.8. The number of nitrogens with zero attached hydrogens (tertiary/aromatic N) is 2. The highest BCUT2D eigenvalue weighted by molar-refractivity contribution is 7.16. The normalized spacial score (nSPS) is 11.6. The molecule has 35 heavy (non-hydrogen) atoms. The summed E-state index contributed by atoms with van der Waals surface area (Å²) >= 11 is 8.49. The monoisotopic (exact) mass is 528 g/mol. The minimum atomic E-state index is -0.194. The average molecular weight is 529 g/mol. The number of carbonyl (C=O) groups excluding carboxylic acids is 2. The van der Waals surface area contributed by atoms with Crippen molar-refractivity contribution in [1.29, 1.82) is 0 Å². The first kappa shape index (κ1) is 24.8. The van der Waals surface area contributed by atoms with Crippen molar-refractivity contribution in [3.63, 3.8) is 0 Å². The zero-order valence-corrected chi connectivity index (χ0v) is 21.3. The first-order chi connectivity index (χ1) is 16.9. The lowest BCUT2D eigenvalue weighted by molar-refractivity contribution is 0.0982. The minimum absolute atomic E-state index is 0.0800. The minimum Gasteiger partial charge on any atom is -0.506 e. The fraction of sp³-hybridized carbons (Fsp3) is 0.200. The maximum absolute atomic E-state index is 12.7. The van der Waals surface area contributed by atoms with E-state index < -0.39 is 0 Å². The van der Waals surface area contributed by atoms with Crippen LogP contribution in [0.4, 0.5) is 0 Å². The highest BCUT2D eigenvalue weighted by Gasteiger charge is 2.17. The number of methoxy groups -OCH3 is 1. The number of hydrogen-bond donors (Lipinski definition) is 1. The fourth-order valence-corrected chi connectivity index (χ4v) is 5.31. The molecule has 0 saturated heterocycles. The molecule has 0 radical (unpaired) electrons. The van der Waals surface area contributed by atoms with E-state index in [-0.39, 0.29) is 30.3 Å². The molecule has 0 atom stereocenters. The quantitative estimate of drug-likeness (QED) is 0.190. The molecule has 0 bridgehead atoms. The van der Waals surface area contributed by atoms with Crippen LogP contribution in [0.5, 0.6) is 11.6 Å². The molecule has 0 spiro atoms. The second kappa shape index (κ2) is 11.0. The molecule has 1 N–H and O–H groups in total. The maximum Gasteiger partial charge on any atom is 0.254 e. The average Bonchev–Trinajstić information content (AvgIpc) is 3.61. The Morgan fingerprint density at radius 3 is 2.54 bits per heavy atom. The lowest BCUT2D eigenvalue weighted by atomic mass is 10.1. The summed E-state index contributed by atoms with van der Waals surface area (Å²) in [7, 11) is 1.49. The van der Waals surface area contributed by atoms with Crippen molar-refractivity contribution in [2.24, 2.45) is 4.99 Å². The predicted octanol–water partition coefficient (Wildman–Crippen LogP) is 6.34. The molecule has 0 amide bonds. The van der Waals surface area contributed by atoms with Crippen LogP contribution in [0.25, 0.3) is 10.4 Å². The summed E-state index contributed by atoms with van der Waals surface area (Å²) in [6.45, 7) is 1.67. The largest absolute Gasteiger partial charge is 0.506 e. The number of rotatable bonds is 10. The Kier molecular flexibility index (Phi) is 7.80. The molecular weight excluding hydrogens is 508 g/mol. The molecule has 0 aliphatic carbocycles. The zero-order chi connectivity index (χ0) is 24.9. The summed E-state index contributed by atoms with van der Waals surface area (Å²) in [5.41, 5.74) is 1.99. The summed E-state index contributed by atoms with van der Waals surface area (Å²) in [6, 6.07) is 12.1. The first-order valence-corrected chi connectivity index (χ1v) is 12.7. The highest BCUT2D eigenvalue weighted by Crippen LogP contribution is 2.39. The van der Waals surface area contributed by atoms with Crippen LogP contribution in [0.2, 0.25) is 5.02 Å². The number of benzene rings is 1. The summed E-state index contributed by atoms with van der Waals surface area (Å²) in [4.78, 5) is 31.2. The Morgan fingerprint density at radius 2 is 1.86 bits per heavy atom. The Morgan fingerprint density at radius 1 is 1.14 bits per heavy atom. The lowest BCUT2D eigenvalue weighted by Crippen LogP contribution is -2.04. The summed E-state index contributed by atoms with van der Waals surface area (Å²) in [6.07, 6.45) is 0.624. The van der Waals surface area contributed by atoms with Crippen LogP contribution >= 0.6 is 34.3 Å².